The van der Waals surface area contributed by atoms with E-state index in [-0.39, 0.29) is 16.5 Å². The van der Waals surface area contributed by atoms with Crippen LogP contribution in [0.25, 0.3) is 0 Å². The van der Waals surface area contributed by atoms with Gasteiger partial charge in [-0.1, -0.05) is 23.7 Å². The number of rotatable bonds is 3. The van der Waals surface area contributed by atoms with E-state index in [0.717, 1.165) is 0 Å². The minimum atomic E-state index is -3.74. The van der Waals surface area contributed by atoms with Crippen LogP contribution >= 0.6 is 11.6 Å². The summed E-state index contributed by atoms with van der Waals surface area (Å²) in [5, 5.41) is 9.24. The number of hydrogen-bond acceptors (Lipinski definition) is 3. The average molecular weight is 318 g/mol. The zero-order chi connectivity index (χ0) is 14.9. The maximum Gasteiger partial charge on any atom is 0.307 e. The average Bonchev–Trinajstić information content (AvgIpc) is 2.41. The van der Waals surface area contributed by atoms with Crippen molar-refractivity contribution in [1.29, 1.82) is 0 Å². The van der Waals surface area contributed by atoms with Crippen LogP contribution in [0, 0.1) is 12.8 Å². The molecule has 1 aromatic rings. The van der Waals surface area contributed by atoms with E-state index in [1.807, 2.05) is 0 Å². The van der Waals surface area contributed by atoms with Gasteiger partial charge in [0.2, 0.25) is 10.0 Å². The highest BCUT2D eigenvalue weighted by molar-refractivity contribution is 7.89. The van der Waals surface area contributed by atoms with Crippen molar-refractivity contribution in [1.82, 2.24) is 4.31 Å². The number of piperidine rings is 1. The second-order valence-corrected chi connectivity index (χ2v) is 7.21. The molecule has 1 unspecified atom stereocenters. The highest BCUT2D eigenvalue weighted by atomic mass is 35.5. The smallest absolute Gasteiger partial charge is 0.307 e. The van der Waals surface area contributed by atoms with Crippen LogP contribution in [0.1, 0.15) is 18.4 Å². The summed E-state index contributed by atoms with van der Waals surface area (Å²) in [5.74, 6) is -1.61. The fourth-order valence-electron chi connectivity index (χ4n) is 2.32. The second kappa shape index (κ2) is 5.71. The molecule has 0 bridgehead atoms. The van der Waals surface area contributed by atoms with Gasteiger partial charge >= 0.3 is 5.97 Å². The molecule has 0 aliphatic carbocycles. The van der Waals surface area contributed by atoms with Gasteiger partial charge in [0.1, 0.15) is 4.90 Å². The van der Waals surface area contributed by atoms with Crippen molar-refractivity contribution in [2.75, 3.05) is 13.1 Å². The van der Waals surface area contributed by atoms with Crippen LogP contribution in [0.15, 0.2) is 23.1 Å². The molecule has 0 spiro atoms. The topological polar surface area (TPSA) is 74.7 Å². The molecule has 7 heteroatoms. The van der Waals surface area contributed by atoms with Gasteiger partial charge in [0.15, 0.2) is 0 Å². The largest absolute Gasteiger partial charge is 0.481 e. The molecule has 1 aromatic carbocycles. The Morgan fingerprint density at radius 3 is 2.80 bits per heavy atom. The Balaban J connectivity index is 2.35. The van der Waals surface area contributed by atoms with Crippen molar-refractivity contribution in [3.63, 3.8) is 0 Å². The van der Waals surface area contributed by atoms with Gasteiger partial charge in [-0.2, -0.15) is 4.31 Å². The standard InChI is InChI=1S/C13H16ClNO4S/c1-9-4-2-6-11(12(9)14)20(18,19)15-7-3-5-10(8-15)13(16)17/h2,4,6,10H,3,5,7-8H2,1H3,(H,16,17). The lowest BCUT2D eigenvalue weighted by Crippen LogP contribution is -2.42. The van der Waals surface area contributed by atoms with Gasteiger partial charge in [-0.15, -0.1) is 0 Å². The molecule has 1 saturated heterocycles. The van der Waals surface area contributed by atoms with E-state index >= 15 is 0 Å². The molecule has 1 aliphatic rings. The second-order valence-electron chi connectivity index (χ2n) is 4.93. The van der Waals surface area contributed by atoms with Crippen molar-refractivity contribution in [3.05, 3.63) is 28.8 Å². The molecule has 1 heterocycles. The van der Waals surface area contributed by atoms with E-state index in [1.54, 1.807) is 19.1 Å². The van der Waals surface area contributed by atoms with Crippen LogP contribution in [-0.2, 0) is 14.8 Å². The van der Waals surface area contributed by atoms with Crippen LogP contribution in [0.3, 0.4) is 0 Å². The normalized spacial score (nSPS) is 20.8. The zero-order valence-corrected chi connectivity index (χ0v) is 12.6. The third-order valence-corrected chi connectivity index (χ3v) is 6.03. The Labute approximate surface area is 123 Å². The fraction of sp³-hybridized carbons (Fsp3) is 0.462. The Morgan fingerprint density at radius 1 is 1.45 bits per heavy atom. The molecule has 0 aromatic heterocycles. The predicted molar refractivity (Wildman–Crippen MR) is 75.3 cm³/mol. The molecule has 1 aliphatic heterocycles. The molecule has 20 heavy (non-hydrogen) atoms. The van der Waals surface area contributed by atoms with E-state index in [1.165, 1.54) is 10.4 Å². The minimum absolute atomic E-state index is 0.00192. The minimum Gasteiger partial charge on any atom is -0.481 e. The summed E-state index contributed by atoms with van der Waals surface area (Å²) in [6.07, 6.45) is 1.04. The lowest BCUT2D eigenvalue weighted by Gasteiger charge is -2.30. The van der Waals surface area contributed by atoms with E-state index in [9.17, 15) is 13.2 Å². The summed E-state index contributed by atoms with van der Waals surface area (Å²) in [6, 6.07) is 4.82. The SMILES string of the molecule is Cc1cccc(S(=O)(=O)N2CCCC(C(=O)O)C2)c1Cl. The summed E-state index contributed by atoms with van der Waals surface area (Å²) in [6.45, 7) is 2.07. The molecule has 5 nitrogen and oxygen atoms in total. The lowest BCUT2D eigenvalue weighted by atomic mass is 10.0. The number of sulfonamides is 1. The van der Waals surface area contributed by atoms with Gasteiger partial charge in [-0.05, 0) is 31.4 Å². The maximum absolute atomic E-state index is 12.6. The molecule has 110 valence electrons. The van der Waals surface area contributed by atoms with Crippen LogP contribution in [0.4, 0.5) is 0 Å². The van der Waals surface area contributed by atoms with Crippen LogP contribution < -0.4 is 0 Å². The van der Waals surface area contributed by atoms with Crippen molar-refractivity contribution < 1.29 is 18.3 Å². The third-order valence-electron chi connectivity index (χ3n) is 3.51. The highest BCUT2D eigenvalue weighted by Gasteiger charge is 2.34. The highest BCUT2D eigenvalue weighted by Crippen LogP contribution is 2.30. The van der Waals surface area contributed by atoms with Crippen molar-refractivity contribution in [3.8, 4) is 0 Å². The van der Waals surface area contributed by atoms with E-state index in [4.69, 9.17) is 16.7 Å². The predicted octanol–water partition coefficient (Wildman–Crippen LogP) is 2.13. The molecule has 1 fully saturated rings. The fourth-order valence-corrected chi connectivity index (χ4v) is 4.40. The van der Waals surface area contributed by atoms with Gasteiger partial charge < -0.3 is 5.11 Å². The molecular formula is C13H16ClNO4S. The first-order valence-electron chi connectivity index (χ1n) is 6.32. The van der Waals surface area contributed by atoms with Crippen molar-refractivity contribution in [2.24, 2.45) is 5.92 Å². The van der Waals surface area contributed by atoms with Gasteiger partial charge in [0.05, 0.1) is 10.9 Å². The summed E-state index contributed by atoms with van der Waals surface area (Å²) in [5.41, 5.74) is 0.680. The Kier molecular flexibility index (Phi) is 4.36. The number of carboxylic acid groups (broad SMARTS) is 1. The number of halogens is 1. The van der Waals surface area contributed by atoms with Gasteiger partial charge in [0.25, 0.3) is 0 Å². The number of nitrogens with zero attached hydrogens (tertiary/aromatic N) is 1. The lowest BCUT2D eigenvalue weighted by molar-refractivity contribution is -0.142. The Bertz CT molecular complexity index is 629. The number of aliphatic carboxylic acids is 1. The van der Waals surface area contributed by atoms with E-state index < -0.39 is 21.9 Å². The molecule has 1 atom stereocenters. The molecule has 1 N–H and O–H groups in total. The molecule has 2 rings (SSSR count). The zero-order valence-electron chi connectivity index (χ0n) is 11.0. The summed E-state index contributed by atoms with van der Waals surface area (Å²) >= 11 is 6.07. The Hall–Kier alpha value is -1.11. The summed E-state index contributed by atoms with van der Waals surface area (Å²) in [7, 11) is -3.74. The monoisotopic (exact) mass is 317 g/mol. The van der Waals surface area contributed by atoms with Crippen molar-refractivity contribution in [2.45, 2.75) is 24.7 Å². The van der Waals surface area contributed by atoms with Crippen LogP contribution in [-0.4, -0.2) is 36.9 Å². The summed E-state index contributed by atoms with van der Waals surface area (Å²) < 4.78 is 26.4. The van der Waals surface area contributed by atoms with Crippen LogP contribution in [0.5, 0.6) is 0 Å². The molecule has 0 saturated carbocycles. The summed E-state index contributed by atoms with van der Waals surface area (Å²) in [4.78, 5) is 11.1. The number of benzene rings is 1. The molecule has 0 radical (unpaired) electrons. The quantitative estimate of drug-likeness (QED) is 0.926. The van der Waals surface area contributed by atoms with E-state index in [2.05, 4.69) is 0 Å². The Morgan fingerprint density at radius 2 is 2.15 bits per heavy atom. The van der Waals surface area contributed by atoms with E-state index in [0.29, 0.717) is 24.9 Å². The number of aryl methyl sites for hydroxylation is 1. The number of carbonyl (C=O) groups is 1. The maximum atomic E-state index is 12.6. The third kappa shape index (κ3) is 2.82. The molecular weight excluding hydrogens is 302 g/mol. The number of hydrogen-bond donors (Lipinski definition) is 1. The first kappa shape index (κ1) is 15.3. The number of carboxylic acids is 1. The van der Waals surface area contributed by atoms with Gasteiger partial charge in [0, 0.05) is 13.1 Å². The van der Waals surface area contributed by atoms with Gasteiger partial charge in [-0.3, -0.25) is 4.79 Å². The first-order valence-corrected chi connectivity index (χ1v) is 8.14. The van der Waals surface area contributed by atoms with Gasteiger partial charge in [-0.25, -0.2) is 8.42 Å². The van der Waals surface area contributed by atoms with Crippen LogP contribution in [0.2, 0.25) is 5.02 Å². The van der Waals surface area contributed by atoms with Crippen molar-refractivity contribution >= 4 is 27.6 Å². The molecule has 0 amide bonds. The first-order chi connectivity index (χ1) is 9.34.